The van der Waals surface area contributed by atoms with Gasteiger partial charge in [-0.1, -0.05) is 35.9 Å². The summed E-state index contributed by atoms with van der Waals surface area (Å²) in [6, 6.07) is 16.1. The first kappa shape index (κ1) is 22.2. The number of hydrogen-bond acceptors (Lipinski definition) is 5. The molecule has 2 aromatic carbocycles. The molecule has 0 fully saturated rings. The highest BCUT2D eigenvalue weighted by Gasteiger charge is 2.12. The molecular formula is C19H24O5S2. The average molecular weight is 397 g/mol. The lowest BCUT2D eigenvalue weighted by atomic mass is 10.2. The van der Waals surface area contributed by atoms with Gasteiger partial charge in [0, 0.05) is 10.9 Å². The summed E-state index contributed by atoms with van der Waals surface area (Å²) >= 11 is 0. The summed E-state index contributed by atoms with van der Waals surface area (Å²) in [6.45, 7) is 4.04. The van der Waals surface area contributed by atoms with E-state index in [4.69, 9.17) is 5.11 Å². The predicted molar refractivity (Wildman–Crippen MR) is 105 cm³/mol. The van der Waals surface area contributed by atoms with Crippen LogP contribution in [0.4, 0.5) is 0 Å². The summed E-state index contributed by atoms with van der Waals surface area (Å²) in [5, 5.41) is 9.15. The minimum Gasteiger partial charge on any atom is -0.726 e. The van der Waals surface area contributed by atoms with Crippen molar-refractivity contribution < 1.29 is 22.3 Å². The zero-order chi connectivity index (χ0) is 19.6. The third kappa shape index (κ3) is 10.2. The highest BCUT2D eigenvalue weighted by atomic mass is 32.3. The lowest BCUT2D eigenvalue weighted by Crippen LogP contribution is -2.03. The van der Waals surface area contributed by atoms with Crippen LogP contribution in [0.1, 0.15) is 19.4 Å². The zero-order valence-electron chi connectivity index (χ0n) is 15.1. The van der Waals surface area contributed by atoms with E-state index in [1.165, 1.54) is 10.5 Å². The van der Waals surface area contributed by atoms with Crippen LogP contribution in [0.15, 0.2) is 71.1 Å². The molecule has 1 atom stereocenters. The van der Waals surface area contributed by atoms with E-state index in [1.54, 1.807) is 42.5 Å². The summed E-state index contributed by atoms with van der Waals surface area (Å²) in [4.78, 5) is 1.31. The summed E-state index contributed by atoms with van der Waals surface area (Å²) in [5.41, 5.74) is 2.01. The van der Waals surface area contributed by atoms with Crippen LogP contribution in [0.2, 0.25) is 0 Å². The van der Waals surface area contributed by atoms with Crippen molar-refractivity contribution in [1.29, 1.82) is 0 Å². The Morgan fingerprint density at radius 3 is 2.19 bits per heavy atom. The first-order valence-electron chi connectivity index (χ1n) is 7.86. The van der Waals surface area contributed by atoms with E-state index in [0.717, 1.165) is 5.75 Å². The van der Waals surface area contributed by atoms with Crippen molar-refractivity contribution in [2.75, 3.05) is 12.0 Å². The van der Waals surface area contributed by atoms with Crippen LogP contribution in [0.3, 0.4) is 0 Å². The summed E-state index contributed by atoms with van der Waals surface area (Å²) in [7, 11) is -4.32. The molecule has 7 heteroatoms. The second-order valence-electron chi connectivity index (χ2n) is 5.74. The topological polar surface area (TPSA) is 86.7 Å². The molecule has 0 aliphatic carbocycles. The number of rotatable bonds is 6. The van der Waals surface area contributed by atoms with Crippen LogP contribution in [0.25, 0.3) is 0 Å². The molecule has 5 nitrogen and oxygen atoms in total. The molecule has 0 radical (unpaired) electrons. The number of benzene rings is 2. The van der Waals surface area contributed by atoms with Gasteiger partial charge in [0.25, 0.3) is 0 Å². The second kappa shape index (κ2) is 11.0. The summed E-state index contributed by atoms with van der Waals surface area (Å²) in [5.74, 6) is 1.43. The van der Waals surface area contributed by atoms with Crippen molar-refractivity contribution in [3.05, 3.63) is 71.8 Å². The van der Waals surface area contributed by atoms with E-state index in [-0.39, 0.29) is 17.5 Å². The molecule has 2 aromatic rings. The Morgan fingerprint density at radius 1 is 1.12 bits per heavy atom. The van der Waals surface area contributed by atoms with E-state index < -0.39 is 10.4 Å². The Balaban J connectivity index is 0.000000263. The molecule has 0 saturated carbocycles. The molecular weight excluding hydrogens is 372 g/mol. The maximum Gasteiger partial charge on any atom is 0.217 e. The summed E-state index contributed by atoms with van der Waals surface area (Å²) < 4.78 is 34.1. The highest BCUT2D eigenvalue weighted by molar-refractivity contribution is 7.96. The molecule has 26 heavy (non-hydrogen) atoms. The molecule has 0 aromatic heterocycles. The Labute approximate surface area is 158 Å². The Kier molecular flexibility index (Phi) is 9.43. The molecule has 142 valence electrons. The van der Waals surface area contributed by atoms with Crippen LogP contribution >= 0.6 is 0 Å². The Hall–Kier alpha value is -1.80. The minimum absolute atomic E-state index is 0.202. The largest absolute Gasteiger partial charge is 0.726 e. The molecule has 0 aliphatic heterocycles. The van der Waals surface area contributed by atoms with Crippen molar-refractivity contribution in [2.45, 2.75) is 25.3 Å². The van der Waals surface area contributed by atoms with Gasteiger partial charge in [-0.15, -0.1) is 0 Å². The predicted octanol–water partition coefficient (Wildman–Crippen LogP) is 3.63. The molecule has 2 rings (SSSR count). The van der Waals surface area contributed by atoms with E-state index in [0.29, 0.717) is 11.3 Å². The fourth-order valence-electron chi connectivity index (χ4n) is 1.78. The van der Waals surface area contributed by atoms with E-state index >= 15 is 0 Å². The van der Waals surface area contributed by atoms with Crippen LogP contribution in [-0.2, 0) is 32.1 Å². The van der Waals surface area contributed by atoms with Crippen molar-refractivity contribution in [1.82, 2.24) is 0 Å². The first-order chi connectivity index (χ1) is 12.2. The fourth-order valence-corrected chi connectivity index (χ4v) is 3.44. The highest BCUT2D eigenvalue weighted by Crippen LogP contribution is 2.16. The van der Waals surface area contributed by atoms with E-state index in [2.05, 4.69) is 30.4 Å². The maximum absolute atomic E-state index is 10.0. The van der Waals surface area contributed by atoms with Crippen LogP contribution in [-0.4, -0.2) is 30.1 Å². The number of aromatic hydroxyl groups is 1. The van der Waals surface area contributed by atoms with Gasteiger partial charge in [0.2, 0.25) is 10.4 Å². The van der Waals surface area contributed by atoms with Crippen molar-refractivity contribution in [3.8, 4) is 5.75 Å². The van der Waals surface area contributed by atoms with Gasteiger partial charge in [-0.3, -0.25) is 4.18 Å². The molecule has 0 spiro atoms. The van der Waals surface area contributed by atoms with Crippen LogP contribution in [0, 0.1) is 0 Å². The molecule has 1 N–H and O–H groups in total. The standard InChI is InChI=1S/C12H16OS.C7H8O4S/c1-10(2)8-9-14(3)12-6-4-11(13)5-7-12;8-12(9,10)11-6-7-4-2-1-3-5-7/h4-8H,9H2,1-3H3;1-5H,6H2,(H,8,9,10). The Bertz CT molecular complexity index is 780. The van der Waals surface area contributed by atoms with Crippen LogP contribution in [0.5, 0.6) is 5.75 Å². The summed E-state index contributed by atoms with van der Waals surface area (Å²) in [6.07, 6.45) is 4.49. The number of phenols is 1. The van der Waals surface area contributed by atoms with Gasteiger partial charge >= 0.3 is 0 Å². The van der Waals surface area contributed by atoms with Gasteiger partial charge in [-0.2, -0.15) is 0 Å². The van der Waals surface area contributed by atoms with E-state index in [1.807, 2.05) is 12.1 Å². The van der Waals surface area contributed by atoms with E-state index in [9.17, 15) is 13.0 Å². The number of hydrogen-bond donors (Lipinski definition) is 1. The molecule has 0 saturated heterocycles. The lowest BCUT2D eigenvalue weighted by Gasteiger charge is -2.06. The van der Waals surface area contributed by atoms with Crippen molar-refractivity contribution in [3.63, 3.8) is 0 Å². The fraction of sp³-hybridized carbons (Fsp3) is 0.263. The monoisotopic (exact) mass is 396 g/mol. The van der Waals surface area contributed by atoms with Gasteiger partial charge in [-0.25, -0.2) is 8.42 Å². The van der Waals surface area contributed by atoms with Gasteiger partial charge in [0.1, 0.15) is 17.8 Å². The minimum atomic E-state index is -4.57. The maximum atomic E-state index is 10.0. The third-order valence-electron chi connectivity index (χ3n) is 3.19. The van der Waals surface area contributed by atoms with Gasteiger partial charge in [0.05, 0.1) is 6.61 Å². The normalized spacial score (nSPS) is 11.8. The van der Waals surface area contributed by atoms with Gasteiger partial charge < -0.3 is 9.66 Å². The number of allylic oxidation sites excluding steroid dienone is 1. The quantitative estimate of drug-likeness (QED) is 0.349. The average Bonchev–Trinajstić information content (AvgIpc) is 2.59. The third-order valence-corrected chi connectivity index (χ3v) is 5.34. The molecule has 1 unspecified atom stereocenters. The second-order valence-corrected chi connectivity index (χ2v) is 8.87. The smallest absolute Gasteiger partial charge is 0.217 e. The molecule has 0 heterocycles. The molecule has 0 amide bonds. The van der Waals surface area contributed by atoms with Crippen LogP contribution < -0.4 is 0 Å². The molecule has 0 aliphatic rings. The van der Waals surface area contributed by atoms with Crippen molar-refractivity contribution >= 4 is 21.3 Å². The SMILES string of the molecule is CC(C)=CC[S+](C)c1ccc(O)cc1.O=S(=O)([O-])OCc1ccccc1. The lowest BCUT2D eigenvalue weighted by molar-refractivity contribution is 0.253. The number of phenolic OH excluding ortho intramolecular Hbond substituents is 1. The molecule has 0 bridgehead atoms. The Morgan fingerprint density at radius 2 is 1.69 bits per heavy atom. The van der Waals surface area contributed by atoms with Gasteiger partial charge in [-0.05, 0) is 49.8 Å². The van der Waals surface area contributed by atoms with Crippen molar-refractivity contribution in [2.24, 2.45) is 0 Å². The van der Waals surface area contributed by atoms with Gasteiger partial charge in [0.15, 0.2) is 4.90 Å². The zero-order valence-corrected chi connectivity index (χ0v) is 16.7. The first-order valence-corrected chi connectivity index (χ1v) is 11.0.